The number of aryl methyl sites for hydroxylation is 4. The first-order chi connectivity index (χ1) is 15.7. The van der Waals surface area contributed by atoms with Gasteiger partial charge in [-0.25, -0.2) is 8.42 Å². The van der Waals surface area contributed by atoms with Crippen LogP contribution in [0.5, 0.6) is 0 Å². The maximum absolute atomic E-state index is 13.5. The minimum atomic E-state index is -3.92. The fourth-order valence-electron chi connectivity index (χ4n) is 3.64. The number of nitrogens with one attached hydrogen (secondary N) is 1. The summed E-state index contributed by atoms with van der Waals surface area (Å²) in [5.74, 6) is -0.357. The van der Waals surface area contributed by atoms with E-state index in [1.807, 2.05) is 51.1 Å². The highest BCUT2D eigenvalue weighted by Crippen LogP contribution is 2.26. The summed E-state index contributed by atoms with van der Waals surface area (Å²) in [5.41, 5.74) is 4.30. The summed E-state index contributed by atoms with van der Waals surface area (Å²) in [5, 5.41) is 3.55. The van der Waals surface area contributed by atoms with E-state index in [1.165, 1.54) is 4.31 Å². The molecule has 3 aromatic rings. The van der Waals surface area contributed by atoms with Gasteiger partial charge >= 0.3 is 0 Å². The molecular formula is C26H29ClN2O3S. The van der Waals surface area contributed by atoms with Gasteiger partial charge in [-0.2, -0.15) is 0 Å². The molecule has 0 aliphatic carbocycles. The van der Waals surface area contributed by atoms with E-state index in [2.05, 4.69) is 5.32 Å². The van der Waals surface area contributed by atoms with Crippen molar-refractivity contribution in [2.75, 3.05) is 17.4 Å². The van der Waals surface area contributed by atoms with E-state index in [9.17, 15) is 13.2 Å². The smallest absolute Gasteiger partial charge is 0.264 e. The van der Waals surface area contributed by atoms with Crippen LogP contribution >= 0.6 is 11.6 Å². The van der Waals surface area contributed by atoms with Crippen LogP contribution in [0.3, 0.4) is 0 Å². The van der Waals surface area contributed by atoms with Crippen LogP contribution in [-0.4, -0.2) is 27.4 Å². The number of sulfonamides is 1. The molecule has 0 atom stereocenters. The molecule has 0 saturated carbocycles. The van der Waals surface area contributed by atoms with Crippen LogP contribution in [0.15, 0.2) is 71.6 Å². The van der Waals surface area contributed by atoms with Crippen molar-refractivity contribution in [1.82, 2.24) is 5.32 Å². The van der Waals surface area contributed by atoms with Crippen LogP contribution in [0.4, 0.5) is 5.69 Å². The number of halogens is 1. The Balaban J connectivity index is 1.76. The Kier molecular flexibility index (Phi) is 8.16. The molecule has 0 aliphatic rings. The van der Waals surface area contributed by atoms with Crippen molar-refractivity contribution in [2.24, 2.45) is 0 Å². The molecule has 3 rings (SSSR count). The van der Waals surface area contributed by atoms with E-state index in [-0.39, 0.29) is 17.3 Å². The summed E-state index contributed by atoms with van der Waals surface area (Å²) in [6, 6.07) is 19.8. The molecule has 0 fully saturated rings. The molecule has 174 valence electrons. The van der Waals surface area contributed by atoms with Crippen molar-refractivity contribution >= 4 is 33.2 Å². The molecule has 0 saturated heterocycles. The SMILES string of the molecule is Cc1ccc(S(=O)(=O)N(CC(=O)NCCCc2ccccc2Cl)c2cc(C)cc(C)c2)cc1. The molecule has 0 aromatic heterocycles. The van der Waals surface area contributed by atoms with Crippen molar-refractivity contribution in [2.45, 2.75) is 38.5 Å². The highest BCUT2D eigenvalue weighted by molar-refractivity contribution is 7.92. The first-order valence-corrected chi connectivity index (χ1v) is 12.7. The lowest BCUT2D eigenvalue weighted by molar-refractivity contribution is -0.119. The summed E-state index contributed by atoms with van der Waals surface area (Å²) < 4.78 is 28.2. The zero-order valence-corrected chi connectivity index (χ0v) is 20.7. The van der Waals surface area contributed by atoms with E-state index in [0.717, 1.165) is 28.7 Å². The minimum Gasteiger partial charge on any atom is -0.355 e. The molecule has 33 heavy (non-hydrogen) atoms. The Morgan fingerprint density at radius 3 is 2.18 bits per heavy atom. The largest absolute Gasteiger partial charge is 0.355 e. The van der Waals surface area contributed by atoms with Crippen LogP contribution in [-0.2, 0) is 21.2 Å². The lowest BCUT2D eigenvalue weighted by atomic mass is 10.1. The van der Waals surface area contributed by atoms with Gasteiger partial charge in [-0.15, -0.1) is 0 Å². The Morgan fingerprint density at radius 2 is 1.55 bits per heavy atom. The standard InChI is InChI=1S/C26H29ClN2O3S/c1-19-10-12-24(13-11-19)33(31,32)29(23-16-20(2)15-21(3)17-23)18-26(30)28-14-6-8-22-7-4-5-9-25(22)27/h4-5,7,9-13,15-17H,6,8,14,18H2,1-3H3,(H,28,30). The molecule has 1 amide bonds. The summed E-state index contributed by atoms with van der Waals surface area (Å²) in [6.45, 7) is 5.83. The number of carbonyl (C=O) groups excluding carboxylic acids is 1. The highest BCUT2D eigenvalue weighted by atomic mass is 35.5. The Labute approximate surface area is 201 Å². The van der Waals surface area contributed by atoms with Crippen LogP contribution < -0.4 is 9.62 Å². The highest BCUT2D eigenvalue weighted by Gasteiger charge is 2.27. The van der Waals surface area contributed by atoms with E-state index in [1.54, 1.807) is 36.4 Å². The lowest BCUT2D eigenvalue weighted by Crippen LogP contribution is -2.41. The average molecular weight is 485 g/mol. The molecule has 0 unspecified atom stereocenters. The molecule has 0 heterocycles. The Bertz CT molecular complexity index is 1200. The van der Waals surface area contributed by atoms with Crippen molar-refractivity contribution in [3.63, 3.8) is 0 Å². The van der Waals surface area contributed by atoms with E-state index in [0.29, 0.717) is 23.7 Å². The van der Waals surface area contributed by atoms with Crippen LogP contribution in [0.1, 0.15) is 28.7 Å². The third-order valence-electron chi connectivity index (χ3n) is 5.29. The molecular weight excluding hydrogens is 456 g/mol. The maximum Gasteiger partial charge on any atom is 0.264 e. The predicted octanol–water partition coefficient (Wildman–Crippen LogP) is 5.21. The first-order valence-electron chi connectivity index (χ1n) is 10.8. The molecule has 3 aromatic carbocycles. The third kappa shape index (κ3) is 6.59. The van der Waals surface area contributed by atoms with Gasteiger partial charge in [-0.3, -0.25) is 9.10 Å². The van der Waals surface area contributed by atoms with Crippen LogP contribution in [0.2, 0.25) is 5.02 Å². The number of hydrogen-bond donors (Lipinski definition) is 1. The van der Waals surface area contributed by atoms with Gasteiger partial charge in [0.25, 0.3) is 10.0 Å². The quantitative estimate of drug-likeness (QED) is 0.424. The number of amides is 1. The van der Waals surface area contributed by atoms with E-state index < -0.39 is 10.0 Å². The topological polar surface area (TPSA) is 66.5 Å². The summed E-state index contributed by atoms with van der Waals surface area (Å²) in [4.78, 5) is 12.9. The Morgan fingerprint density at radius 1 is 0.909 bits per heavy atom. The van der Waals surface area contributed by atoms with E-state index >= 15 is 0 Å². The monoisotopic (exact) mass is 484 g/mol. The minimum absolute atomic E-state index is 0.152. The molecule has 7 heteroatoms. The van der Waals surface area contributed by atoms with Crippen molar-refractivity contribution < 1.29 is 13.2 Å². The summed E-state index contributed by atoms with van der Waals surface area (Å²) >= 11 is 6.19. The lowest BCUT2D eigenvalue weighted by Gasteiger charge is -2.25. The zero-order valence-electron chi connectivity index (χ0n) is 19.1. The normalized spacial score (nSPS) is 11.3. The van der Waals surface area contributed by atoms with Gasteiger partial charge < -0.3 is 5.32 Å². The average Bonchev–Trinajstić information content (AvgIpc) is 2.75. The van der Waals surface area contributed by atoms with Gasteiger partial charge in [0.2, 0.25) is 5.91 Å². The molecule has 5 nitrogen and oxygen atoms in total. The maximum atomic E-state index is 13.5. The van der Waals surface area contributed by atoms with Gasteiger partial charge in [0.1, 0.15) is 6.54 Å². The second-order valence-electron chi connectivity index (χ2n) is 8.22. The van der Waals surface area contributed by atoms with E-state index in [4.69, 9.17) is 11.6 Å². The molecule has 0 radical (unpaired) electrons. The van der Waals surface area contributed by atoms with Gasteiger partial charge in [0, 0.05) is 11.6 Å². The summed E-state index contributed by atoms with van der Waals surface area (Å²) in [6.07, 6.45) is 1.42. The number of nitrogens with zero attached hydrogens (tertiary/aromatic N) is 1. The van der Waals surface area contributed by atoms with Gasteiger partial charge in [0.05, 0.1) is 10.6 Å². The fraction of sp³-hybridized carbons (Fsp3) is 0.269. The first kappa shape index (κ1) is 24.8. The molecule has 1 N–H and O–H groups in total. The number of hydrogen-bond acceptors (Lipinski definition) is 3. The van der Waals surface area contributed by atoms with Crippen LogP contribution in [0, 0.1) is 20.8 Å². The van der Waals surface area contributed by atoms with Gasteiger partial charge in [0.15, 0.2) is 0 Å². The predicted molar refractivity (Wildman–Crippen MR) is 134 cm³/mol. The zero-order chi connectivity index (χ0) is 24.0. The van der Waals surface area contributed by atoms with Crippen molar-refractivity contribution in [3.05, 3.63) is 94.0 Å². The molecule has 0 aliphatic heterocycles. The summed E-state index contributed by atoms with van der Waals surface area (Å²) in [7, 11) is -3.92. The number of benzene rings is 3. The molecule has 0 bridgehead atoms. The van der Waals surface area contributed by atoms with Gasteiger partial charge in [-0.1, -0.05) is 53.6 Å². The Hall–Kier alpha value is -2.83. The number of anilines is 1. The number of carbonyl (C=O) groups is 1. The fourth-order valence-corrected chi connectivity index (χ4v) is 5.28. The third-order valence-corrected chi connectivity index (χ3v) is 7.45. The van der Waals surface area contributed by atoms with Crippen LogP contribution in [0.25, 0.3) is 0 Å². The second-order valence-corrected chi connectivity index (χ2v) is 10.5. The van der Waals surface area contributed by atoms with Gasteiger partial charge in [-0.05, 0) is 80.6 Å². The van der Waals surface area contributed by atoms with Crippen molar-refractivity contribution in [1.29, 1.82) is 0 Å². The second kappa shape index (κ2) is 10.9. The molecule has 0 spiro atoms. The van der Waals surface area contributed by atoms with Crippen molar-refractivity contribution in [3.8, 4) is 0 Å². The number of rotatable bonds is 9.